The number of hydrogen-bond donors (Lipinski definition) is 5. The zero-order chi connectivity index (χ0) is 29.6. The lowest BCUT2D eigenvalue weighted by Gasteiger charge is -2.50. The molecule has 0 spiro atoms. The van der Waals surface area contributed by atoms with E-state index in [2.05, 4.69) is 0 Å². The van der Waals surface area contributed by atoms with Crippen LogP contribution in [0.25, 0.3) is 5.76 Å². The summed E-state index contributed by atoms with van der Waals surface area (Å²) in [6.07, 6.45) is -5.41. The summed E-state index contributed by atoms with van der Waals surface area (Å²) in [4.78, 5) is 40.4. The largest absolute Gasteiger partial charge is 0.508 e. The predicted octanol–water partition coefficient (Wildman–Crippen LogP) is 1.46. The van der Waals surface area contributed by atoms with E-state index in [0.717, 1.165) is 6.92 Å². The van der Waals surface area contributed by atoms with E-state index < -0.39 is 114 Å². The first-order valence-corrected chi connectivity index (χ1v) is 13.4. The summed E-state index contributed by atoms with van der Waals surface area (Å²) in [6.45, 7) is 0.941. The van der Waals surface area contributed by atoms with E-state index in [-0.39, 0.29) is 6.42 Å². The molecule has 0 bridgehead atoms. The highest BCUT2D eigenvalue weighted by molar-refractivity contribution is 7.92. The minimum atomic E-state index is -5.08. The molecule has 1 fully saturated rings. The molecule has 3 aliphatic carbocycles. The van der Waals surface area contributed by atoms with Crippen molar-refractivity contribution < 1.29 is 56.4 Å². The first kappa shape index (κ1) is 28.6. The van der Waals surface area contributed by atoms with Gasteiger partial charge in [-0.1, -0.05) is 0 Å². The molecule has 15 heteroatoms. The van der Waals surface area contributed by atoms with Crippen LogP contribution in [0.5, 0.6) is 5.75 Å². The Labute approximate surface area is 220 Å². The van der Waals surface area contributed by atoms with E-state index in [1.807, 2.05) is 0 Å². The van der Waals surface area contributed by atoms with Crippen molar-refractivity contribution in [2.45, 2.75) is 37.6 Å². The van der Waals surface area contributed by atoms with Gasteiger partial charge >= 0.3 is 6.18 Å². The standard InChI is InChI=1S/C24H25F3N2O9S/c1-8(30)14-20(33)17(29(2)3)12-6-9-5-10-11(24(25,26)27)7-13(28-39(4,37)38)18(31)16(10)19(32)15(9)22(35)23(12,36)21(14)34/h7,9,12,17,28,31-32,34,36H,5-6H2,1-4H3/t9-,12-,17-,23+/m0/s1. The molecule has 0 aliphatic heterocycles. The average Bonchev–Trinajstić information content (AvgIpc) is 2.76. The molecule has 11 nitrogen and oxygen atoms in total. The number of nitrogens with one attached hydrogen (secondary N) is 1. The number of anilines is 1. The first-order chi connectivity index (χ1) is 17.7. The van der Waals surface area contributed by atoms with E-state index >= 15 is 0 Å². The highest BCUT2D eigenvalue weighted by atomic mass is 32.2. The van der Waals surface area contributed by atoms with Crippen LogP contribution < -0.4 is 4.72 Å². The molecule has 0 heterocycles. The van der Waals surface area contributed by atoms with Crippen molar-refractivity contribution >= 4 is 38.8 Å². The van der Waals surface area contributed by atoms with Gasteiger partial charge in [-0.3, -0.25) is 24.0 Å². The molecule has 0 unspecified atom stereocenters. The number of benzene rings is 1. The zero-order valence-corrected chi connectivity index (χ0v) is 21.9. The van der Waals surface area contributed by atoms with Crippen LogP contribution >= 0.6 is 0 Å². The van der Waals surface area contributed by atoms with Crippen LogP contribution in [0.4, 0.5) is 18.9 Å². The number of alkyl halides is 3. The molecule has 0 amide bonds. The number of phenolic OH excluding ortho intramolecular Hbond substituents is 1. The number of hydrogen-bond acceptors (Lipinski definition) is 10. The topological polar surface area (TPSA) is 182 Å². The average molecular weight is 575 g/mol. The number of carbonyl (C=O) groups excluding carboxylic acids is 3. The number of aliphatic hydroxyl groups is 3. The number of fused-ring (bicyclic) bond motifs is 3. The molecule has 4 atom stereocenters. The second-order valence-corrected chi connectivity index (χ2v) is 11.9. The van der Waals surface area contributed by atoms with E-state index in [9.17, 15) is 56.4 Å². The molecule has 212 valence electrons. The molecule has 3 aliphatic rings. The minimum absolute atomic E-state index is 0.369. The van der Waals surface area contributed by atoms with E-state index in [1.165, 1.54) is 19.0 Å². The summed E-state index contributed by atoms with van der Waals surface area (Å²) in [5.74, 6) is -9.29. The smallest absolute Gasteiger partial charge is 0.416 e. The number of aromatic hydroxyl groups is 1. The van der Waals surface area contributed by atoms with Crippen LogP contribution in [0.3, 0.4) is 0 Å². The number of ketones is 3. The van der Waals surface area contributed by atoms with Crippen LogP contribution in [-0.4, -0.2) is 83.1 Å². The number of sulfonamides is 1. The van der Waals surface area contributed by atoms with Crippen molar-refractivity contribution in [2.75, 3.05) is 25.1 Å². The van der Waals surface area contributed by atoms with Crippen molar-refractivity contribution in [1.29, 1.82) is 0 Å². The second kappa shape index (κ2) is 8.79. The van der Waals surface area contributed by atoms with Crippen molar-refractivity contribution in [1.82, 2.24) is 4.90 Å². The highest BCUT2D eigenvalue weighted by Crippen LogP contribution is 2.55. The lowest BCUT2D eigenvalue weighted by Crippen LogP contribution is -2.65. The SMILES string of the molecule is CC(=O)C1=C(O)[C@@]2(O)C(=O)C3=C(O)c4c(O)c(NS(C)(=O)=O)cc(C(F)(F)F)c4C[C@H]3C[C@H]2[C@H](N(C)C)C1=O. The molecule has 1 aromatic rings. The summed E-state index contributed by atoms with van der Waals surface area (Å²) in [6, 6.07) is -0.953. The number of nitrogens with zero attached hydrogens (tertiary/aromatic N) is 1. The van der Waals surface area contributed by atoms with Gasteiger partial charge in [0.25, 0.3) is 0 Å². The first-order valence-electron chi connectivity index (χ1n) is 11.5. The molecule has 0 saturated heterocycles. The summed E-state index contributed by atoms with van der Waals surface area (Å²) < 4.78 is 67.4. The van der Waals surface area contributed by atoms with Gasteiger partial charge in [0.1, 0.15) is 17.1 Å². The fraction of sp³-hybridized carbons (Fsp3) is 0.458. The monoisotopic (exact) mass is 574 g/mol. The number of halogens is 3. The van der Waals surface area contributed by atoms with Crippen molar-refractivity contribution in [3.8, 4) is 5.75 Å². The fourth-order valence-electron chi connectivity index (χ4n) is 5.94. The Morgan fingerprint density at radius 3 is 2.26 bits per heavy atom. The Bertz CT molecular complexity index is 1510. The van der Waals surface area contributed by atoms with Crippen LogP contribution in [0, 0.1) is 11.8 Å². The lowest BCUT2D eigenvalue weighted by molar-refractivity contribution is -0.153. The zero-order valence-electron chi connectivity index (χ0n) is 21.0. The van der Waals surface area contributed by atoms with Crippen molar-refractivity contribution in [3.63, 3.8) is 0 Å². The van der Waals surface area contributed by atoms with Gasteiger partial charge in [-0.15, -0.1) is 0 Å². The Kier molecular flexibility index (Phi) is 6.44. The third kappa shape index (κ3) is 4.19. The highest BCUT2D eigenvalue weighted by Gasteiger charge is 2.64. The lowest BCUT2D eigenvalue weighted by atomic mass is 9.57. The fourth-order valence-corrected chi connectivity index (χ4v) is 6.50. The molecular weight excluding hydrogens is 549 g/mol. The molecule has 0 radical (unpaired) electrons. The van der Waals surface area contributed by atoms with E-state index in [4.69, 9.17) is 0 Å². The van der Waals surface area contributed by atoms with Crippen LogP contribution in [0.1, 0.15) is 30.0 Å². The van der Waals surface area contributed by atoms with Gasteiger partial charge in [0, 0.05) is 11.5 Å². The van der Waals surface area contributed by atoms with Gasteiger partial charge in [-0.2, -0.15) is 13.2 Å². The number of aliphatic hydroxyl groups excluding tert-OH is 2. The second-order valence-electron chi connectivity index (χ2n) is 10.2. The van der Waals surface area contributed by atoms with Crippen LogP contribution in [-0.2, 0) is 37.0 Å². The van der Waals surface area contributed by atoms with Crippen LogP contribution in [0.15, 0.2) is 23.0 Å². The van der Waals surface area contributed by atoms with Crippen molar-refractivity contribution in [2.24, 2.45) is 11.8 Å². The van der Waals surface area contributed by atoms with Crippen LogP contribution in [0.2, 0.25) is 0 Å². The van der Waals surface area contributed by atoms with Gasteiger partial charge in [0.05, 0.1) is 29.1 Å². The van der Waals surface area contributed by atoms with E-state index in [1.54, 1.807) is 4.72 Å². The van der Waals surface area contributed by atoms with Gasteiger partial charge in [-0.05, 0) is 51.4 Å². The summed E-state index contributed by atoms with van der Waals surface area (Å²) >= 11 is 0. The molecule has 0 aromatic heterocycles. The Morgan fingerprint density at radius 2 is 1.77 bits per heavy atom. The maximum absolute atomic E-state index is 14.1. The van der Waals surface area contributed by atoms with Gasteiger partial charge < -0.3 is 20.4 Å². The third-order valence-corrected chi connectivity index (χ3v) is 8.02. The molecular formula is C24H25F3N2O9S. The maximum Gasteiger partial charge on any atom is 0.416 e. The number of likely N-dealkylation sites (N-methyl/N-ethyl adjacent to an activating group) is 1. The normalized spacial score (nSPS) is 27.4. The molecule has 5 N–H and O–H groups in total. The molecule has 1 aromatic carbocycles. The summed E-state index contributed by atoms with van der Waals surface area (Å²) in [7, 11) is -1.36. The minimum Gasteiger partial charge on any atom is -0.508 e. The number of rotatable bonds is 4. The number of Topliss-reactive ketones (excluding diaryl/α,β-unsaturated/α-hetero) is 3. The Hall–Kier alpha value is -3.43. The molecule has 39 heavy (non-hydrogen) atoms. The van der Waals surface area contributed by atoms with E-state index in [0.29, 0.717) is 12.3 Å². The number of carbonyl (C=O) groups is 3. The van der Waals surface area contributed by atoms with Gasteiger partial charge in [0.2, 0.25) is 15.8 Å². The van der Waals surface area contributed by atoms with Crippen molar-refractivity contribution in [3.05, 3.63) is 39.7 Å². The quantitative estimate of drug-likeness (QED) is 0.261. The van der Waals surface area contributed by atoms with Gasteiger partial charge in [0.15, 0.2) is 22.9 Å². The molecule has 1 saturated carbocycles. The number of phenols is 1. The predicted molar refractivity (Wildman–Crippen MR) is 129 cm³/mol. The van der Waals surface area contributed by atoms with Gasteiger partial charge in [-0.25, -0.2) is 8.42 Å². The summed E-state index contributed by atoms with van der Waals surface area (Å²) in [5, 5.41) is 44.3. The molecule has 4 rings (SSSR count). The third-order valence-electron chi connectivity index (χ3n) is 7.43. The summed E-state index contributed by atoms with van der Waals surface area (Å²) in [5.41, 5.74) is -8.15. The Balaban J connectivity index is 2.04. The maximum atomic E-state index is 14.1. The Morgan fingerprint density at radius 1 is 1.18 bits per heavy atom.